The summed E-state index contributed by atoms with van der Waals surface area (Å²) in [5.41, 5.74) is 4.47. The second kappa shape index (κ2) is 6.44. The van der Waals surface area contributed by atoms with Crippen molar-refractivity contribution in [3.05, 3.63) is 83.2 Å². The topological polar surface area (TPSA) is 37.7 Å². The van der Waals surface area contributed by atoms with Crippen LogP contribution in [-0.4, -0.2) is 38.7 Å². The van der Waals surface area contributed by atoms with Crippen LogP contribution in [0.5, 0.6) is 0 Å². The lowest BCUT2D eigenvalue weighted by atomic mass is 9.81. The molecule has 28 heavy (non-hydrogen) atoms. The van der Waals surface area contributed by atoms with Gasteiger partial charge in [0.05, 0.1) is 11.3 Å². The second-order valence-corrected chi connectivity index (χ2v) is 7.61. The molecule has 0 bridgehead atoms. The summed E-state index contributed by atoms with van der Waals surface area (Å²) in [6, 6.07) is 18.0. The number of carbonyl (C=O) groups is 1. The number of esters is 1. The number of hydrogen-bond acceptors (Lipinski definition) is 4. The number of ether oxygens (including phenoxy) is 1. The summed E-state index contributed by atoms with van der Waals surface area (Å²) in [6.45, 7) is 0. The quantitative estimate of drug-likeness (QED) is 0.653. The zero-order valence-corrected chi connectivity index (χ0v) is 16.9. The Bertz CT molecular complexity index is 1050. The zero-order valence-electron chi connectivity index (χ0n) is 16.9. The third-order valence-electron chi connectivity index (χ3n) is 5.44. The van der Waals surface area contributed by atoms with E-state index in [1.807, 2.05) is 82.4 Å². The van der Waals surface area contributed by atoms with E-state index >= 15 is 0 Å². The molecule has 5 nitrogen and oxygen atoms in total. The van der Waals surface area contributed by atoms with Crippen molar-refractivity contribution in [2.24, 2.45) is 7.05 Å². The Morgan fingerprint density at radius 2 is 1.64 bits per heavy atom. The van der Waals surface area contributed by atoms with Gasteiger partial charge in [0, 0.05) is 63.9 Å². The van der Waals surface area contributed by atoms with Gasteiger partial charge in [0.15, 0.2) is 0 Å². The molecular weight excluding hydrogens is 350 g/mol. The zero-order chi connectivity index (χ0) is 20.1. The summed E-state index contributed by atoms with van der Waals surface area (Å²) in [6.07, 6.45) is 1.98. The fraction of sp³-hybridized carbons (Fsp3) is 0.261. The molecule has 1 unspecified atom stereocenters. The number of carbonyl (C=O) groups excluding carboxylic acids is 1. The molecule has 0 spiro atoms. The molecule has 5 heteroatoms. The van der Waals surface area contributed by atoms with E-state index < -0.39 is 5.60 Å². The summed E-state index contributed by atoms with van der Waals surface area (Å²) in [7, 11) is 10.0. The lowest BCUT2D eigenvalue weighted by molar-refractivity contribution is 0.0232. The SMILES string of the molecule is CN(C)c1ccc(C2(c3cccn3C)OC(=O)c3ccccc32)c(N(C)C)c1. The highest BCUT2D eigenvalue weighted by Crippen LogP contribution is 2.50. The largest absolute Gasteiger partial charge is 0.439 e. The Balaban J connectivity index is 2.09. The molecule has 1 aromatic heterocycles. The second-order valence-electron chi connectivity index (χ2n) is 7.61. The van der Waals surface area contributed by atoms with Gasteiger partial charge in [-0.1, -0.05) is 24.3 Å². The van der Waals surface area contributed by atoms with Crippen molar-refractivity contribution < 1.29 is 9.53 Å². The molecule has 0 aliphatic carbocycles. The van der Waals surface area contributed by atoms with Crippen molar-refractivity contribution >= 4 is 17.3 Å². The predicted molar refractivity (Wildman–Crippen MR) is 112 cm³/mol. The molecule has 1 aliphatic heterocycles. The van der Waals surface area contributed by atoms with Crippen molar-refractivity contribution in [1.82, 2.24) is 4.57 Å². The smallest absolute Gasteiger partial charge is 0.340 e. The molecular formula is C23H25N3O2. The van der Waals surface area contributed by atoms with Gasteiger partial charge in [0.2, 0.25) is 5.60 Å². The fourth-order valence-corrected chi connectivity index (χ4v) is 4.04. The molecule has 0 saturated heterocycles. The highest BCUT2D eigenvalue weighted by molar-refractivity contribution is 5.96. The van der Waals surface area contributed by atoms with Crippen LogP contribution in [0, 0.1) is 0 Å². The molecule has 0 fully saturated rings. The number of cyclic esters (lactones) is 1. The van der Waals surface area contributed by atoms with Gasteiger partial charge >= 0.3 is 5.97 Å². The summed E-state index contributed by atoms with van der Waals surface area (Å²) in [5, 5.41) is 0. The maximum absolute atomic E-state index is 12.9. The van der Waals surface area contributed by atoms with E-state index in [9.17, 15) is 4.79 Å². The number of hydrogen-bond donors (Lipinski definition) is 0. The number of nitrogens with zero attached hydrogens (tertiary/aromatic N) is 3. The molecule has 1 atom stereocenters. The Kier molecular flexibility index (Phi) is 4.18. The van der Waals surface area contributed by atoms with Gasteiger partial charge in [-0.05, 0) is 30.3 Å². The first-order valence-electron chi connectivity index (χ1n) is 9.30. The minimum atomic E-state index is -0.990. The number of fused-ring (bicyclic) bond motifs is 1. The average molecular weight is 375 g/mol. The van der Waals surface area contributed by atoms with E-state index in [4.69, 9.17) is 4.74 Å². The first-order chi connectivity index (χ1) is 13.4. The van der Waals surface area contributed by atoms with Crippen molar-refractivity contribution in [1.29, 1.82) is 0 Å². The Morgan fingerprint density at radius 3 is 2.29 bits per heavy atom. The standard InChI is InChI=1S/C23H25N3O2/c1-24(2)16-12-13-19(20(15-16)25(3)4)23(21-11-8-14-26(21)5)18-10-7-6-9-17(18)22(27)28-23/h6-15H,1-5H3. The summed E-state index contributed by atoms with van der Waals surface area (Å²) >= 11 is 0. The van der Waals surface area contributed by atoms with E-state index in [0.29, 0.717) is 5.56 Å². The normalized spacial score (nSPS) is 18.0. The van der Waals surface area contributed by atoms with Crippen LogP contribution in [-0.2, 0) is 17.4 Å². The molecule has 3 aromatic rings. The number of aromatic nitrogens is 1. The first kappa shape index (κ1) is 18.2. The van der Waals surface area contributed by atoms with Gasteiger partial charge in [0.25, 0.3) is 0 Å². The van der Waals surface area contributed by atoms with Crippen LogP contribution in [0.4, 0.5) is 11.4 Å². The highest BCUT2D eigenvalue weighted by Gasteiger charge is 2.51. The van der Waals surface area contributed by atoms with Crippen LogP contribution in [0.2, 0.25) is 0 Å². The molecule has 0 N–H and O–H groups in total. The van der Waals surface area contributed by atoms with E-state index in [1.165, 1.54) is 0 Å². The summed E-state index contributed by atoms with van der Waals surface area (Å²) < 4.78 is 8.24. The van der Waals surface area contributed by atoms with Crippen LogP contribution in [0.1, 0.15) is 27.2 Å². The number of anilines is 2. The molecule has 2 aromatic carbocycles. The molecule has 1 aliphatic rings. The van der Waals surface area contributed by atoms with Gasteiger partial charge < -0.3 is 19.1 Å². The lowest BCUT2D eigenvalue weighted by Crippen LogP contribution is -2.33. The Morgan fingerprint density at radius 1 is 0.893 bits per heavy atom. The van der Waals surface area contributed by atoms with E-state index in [1.54, 1.807) is 0 Å². The van der Waals surface area contributed by atoms with Gasteiger partial charge in [-0.15, -0.1) is 0 Å². The van der Waals surface area contributed by atoms with Crippen molar-refractivity contribution in [3.8, 4) is 0 Å². The Labute approximate surface area is 165 Å². The monoisotopic (exact) mass is 375 g/mol. The van der Waals surface area contributed by atoms with Crippen LogP contribution in [0.15, 0.2) is 60.8 Å². The molecule has 0 radical (unpaired) electrons. The third-order valence-corrected chi connectivity index (χ3v) is 5.44. The minimum absolute atomic E-state index is 0.293. The number of aryl methyl sites for hydroxylation is 1. The van der Waals surface area contributed by atoms with Crippen LogP contribution in [0.3, 0.4) is 0 Å². The summed E-state index contributed by atoms with van der Waals surface area (Å²) in [4.78, 5) is 17.0. The van der Waals surface area contributed by atoms with E-state index in [-0.39, 0.29) is 5.97 Å². The lowest BCUT2D eigenvalue weighted by Gasteiger charge is -2.34. The molecule has 0 saturated carbocycles. The molecule has 4 rings (SSSR count). The van der Waals surface area contributed by atoms with Crippen LogP contribution >= 0.6 is 0 Å². The van der Waals surface area contributed by atoms with Crippen LogP contribution in [0.25, 0.3) is 0 Å². The predicted octanol–water partition coefficient (Wildman–Crippen LogP) is 3.62. The van der Waals surface area contributed by atoms with Gasteiger partial charge in [-0.3, -0.25) is 0 Å². The van der Waals surface area contributed by atoms with Crippen molar-refractivity contribution in [2.45, 2.75) is 5.60 Å². The van der Waals surface area contributed by atoms with Crippen molar-refractivity contribution in [3.63, 3.8) is 0 Å². The molecule has 2 heterocycles. The fourth-order valence-electron chi connectivity index (χ4n) is 4.04. The average Bonchev–Trinajstić information content (AvgIpc) is 3.23. The van der Waals surface area contributed by atoms with Crippen LogP contribution < -0.4 is 9.80 Å². The highest BCUT2D eigenvalue weighted by atomic mass is 16.6. The third kappa shape index (κ3) is 2.50. The number of rotatable bonds is 4. The number of benzene rings is 2. The first-order valence-corrected chi connectivity index (χ1v) is 9.30. The van der Waals surface area contributed by atoms with E-state index in [0.717, 1.165) is 28.2 Å². The van der Waals surface area contributed by atoms with Gasteiger partial charge in [-0.25, -0.2) is 4.79 Å². The maximum atomic E-state index is 12.9. The van der Waals surface area contributed by atoms with E-state index in [2.05, 4.69) is 28.0 Å². The summed E-state index contributed by atoms with van der Waals surface area (Å²) in [5.74, 6) is -0.293. The minimum Gasteiger partial charge on any atom is -0.439 e. The molecule has 144 valence electrons. The molecule has 0 amide bonds. The van der Waals surface area contributed by atoms with Crippen molar-refractivity contribution in [2.75, 3.05) is 38.0 Å². The van der Waals surface area contributed by atoms with Gasteiger partial charge in [-0.2, -0.15) is 0 Å². The maximum Gasteiger partial charge on any atom is 0.340 e. The Hall–Kier alpha value is -3.21. The van der Waals surface area contributed by atoms with Gasteiger partial charge in [0.1, 0.15) is 0 Å².